The summed E-state index contributed by atoms with van der Waals surface area (Å²) in [6.45, 7) is 2.31. The Labute approximate surface area is 169 Å². The van der Waals surface area contributed by atoms with E-state index in [1.807, 2.05) is 0 Å². The van der Waals surface area contributed by atoms with Gasteiger partial charge in [-0.3, -0.25) is 0 Å². The van der Waals surface area contributed by atoms with E-state index in [9.17, 15) is 0 Å². The van der Waals surface area contributed by atoms with Gasteiger partial charge in [-0.15, -0.1) is 0 Å². The molecule has 0 unspecified atom stereocenters. The zero-order valence-corrected chi connectivity index (χ0v) is 18.1. The molecule has 0 N–H and O–H groups in total. The van der Waals surface area contributed by atoms with Gasteiger partial charge in [0.15, 0.2) is 0 Å². The van der Waals surface area contributed by atoms with Gasteiger partial charge in [-0.1, -0.05) is 108 Å². The molecule has 0 heterocycles. The molecule has 152 valence electrons. The smallest absolute Gasteiger partial charge is 0.00187 e. The van der Waals surface area contributed by atoms with Crippen LogP contribution in [0, 0.1) is 5.92 Å². The van der Waals surface area contributed by atoms with Gasteiger partial charge >= 0.3 is 0 Å². The average molecular weight is 369 g/mol. The molecule has 2 saturated carbocycles. The van der Waals surface area contributed by atoms with Gasteiger partial charge in [-0.05, 0) is 61.0 Å². The van der Waals surface area contributed by atoms with E-state index in [0.29, 0.717) is 5.41 Å². The highest BCUT2D eigenvalue weighted by atomic mass is 14.4. The highest BCUT2D eigenvalue weighted by molar-refractivity contribution is 5.32. The van der Waals surface area contributed by atoms with Gasteiger partial charge in [0.05, 0.1) is 0 Å². The van der Waals surface area contributed by atoms with Crippen molar-refractivity contribution >= 4 is 0 Å². The van der Waals surface area contributed by atoms with E-state index in [2.05, 4.69) is 31.2 Å². The van der Waals surface area contributed by atoms with Crippen LogP contribution in [0.5, 0.6) is 0 Å². The molecule has 0 amide bonds. The van der Waals surface area contributed by atoms with E-state index in [4.69, 9.17) is 0 Å². The third kappa shape index (κ3) is 5.85. The molecule has 0 saturated heterocycles. The lowest BCUT2D eigenvalue weighted by atomic mass is 9.61. The Morgan fingerprint density at radius 3 is 2.15 bits per heavy atom. The molecule has 0 radical (unpaired) electrons. The van der Waals surface area contributed by atoms with E-state index < -0.39 is 0 Å². The molecule has 0 bridgehead atoms. The minimum absolute atomic E-state index is 0.490. The van der Waals surface area contributed by atoms with Crippen molar-refractivity contribution in [2.45, 2.75) is 128 Å². The lowest BCUT2D eigenvalue weighted by molar-refractivity contribution is 0.186. The Balaban J connectivity index is 1.82. The number of aryl methyl sites for hydroxylation is 1. The minimum Gasteiger partial charge on any atom is -0.0654 e. The Bertz CT molecular complexity index is 513. The van der Waals surface area contributed by atoms with Crippen LogP contribution < -0.4 is 0 Å². The van der Waals surface area contributed by atoms with Gasteiger partial charge in [0.1, 0.15) is 0 Å². The molecule has 0 spiro atoms. The Kier molecular flexibility index (Phi) is 8.75. The van der Waals surface area contributed by atoms with Gasteiger partial charge in [-0.2, -0.15) is 0 Å². The third-order valence-corrected chi connectivity index (χ3v) is 7.70. The Hall–Kier alpha value is -0.780. The highest BCUT2D eigenvalue weighted by Crippen LogP contribution is 2.48. The lowest BCUT2D eigenvalue weighted by Crippen LogP contribution is -2.36. The van der Waals surface area contributed by atoms with Crippen molar-refractivity contribution in [2.75, 3.05) is 0 Å². The molecular weight excluding hydrogens is 324 g/mol. The SMILES string of the molecule is CCCCCCc1cccc(C2(C3CCCCCC3)CCCCCCC2)c1. The van der Waals surface area contributed by atoms with Gasteiger partial charge in [0.2, 0.25) is 0 Å². The van der Waals surface area contributed by atoms with Crippen molar-refractivity contribution in [3.63, 3.8) is 0 Å². The zero-order chi connectivity index (χ0) is 18.8. The predicted molar refractivity (Wildman–Crippen MR) is 119 cm³/mol. The fourth-order valence-corrected chi connectivity index (χ4v) is 6.09. The quantitative estimate of drug-likeness (QED) is 0.333. The fraction of sp³-hybridized carbons (Fsp3) is 0.778. The van der Waals surface area contributed by atoms with E-state index in [1.165, 1.54) is 116 Å². The van der Waals surface area contributed by atoms with Crippen LogP contribution in [-0.2, 0) is 11.8 Å². The molecule has 1 aromatic rings. The molecule has 0 aliphatic heterocycles. The van der Waals surface area contributed by atoms with Crippen LogP contribution in [0.25, 0.3) is 0 Å². The predicted octanol–water partition coefficient (Wildman–Crippen LogP) is 8.76. The summed E-state index contributed by atoms with van der Waals surface area (Å²) in [5, 5.41) is 0. The first-order valence-electron chi connectivity index (χ1n) is 12.4. The van der Waals surface area contributed by atoms with Crippen LogP contribution in [0.2, 0.25) is 0 Å². The van der Waals surface area contributed by atoms with Crippen LogP contribution >= 0.6 is 0 Å². The fourth-order valence-electron chi connectivity index (χ4n) is 6.09. The molecular formula is C27H44. The van der Waals surface area contributed by atoms with Crippen molar-refractivity contribution in [2.24, 2.45) is 5.92 Å². The van der Waals surface area contributed by atoms with Crippen molar-refractivity contribution in [1.82, 2.24) is 0 Å². The maximum absolute atomic E-state index is 2.65. The molecule has 2 aliphatic carbocycles. The summed E-state index contributed by atoms with van der Waals surface area (Å²) >= 11 is 0. The summed E-state index contributed by atoms with van der Waals surface area (Å²) in [5.74, 6) is 0.938. The molecule has 0 nitrogen and oxygen atoms in total. The van der Waals surface area contributed by atoms with Crippen molar-refractivity contribution in [3.8, 4) is 0 Å². The van der Waals surface area contributed by atoms with Gasteiger partial charge < -0.3 is 0 Å². The summed E-state index contributed by atoms with van der Waals surface area (Å²) in [7, 11) is 0. The second-order valence-corrected chi connectivity index (χ2v) is 9.62. The zero-order valence-electron chi connectivity index (χ0n) is 18.1. The largest absolute Gasteiger partial charge is 0.0654 e. The van der Waals surface area contributed by atoms with E-state index in [1.54, 1.807) is 11.1 Å². The van der Waals surface area contributed by atoms with E-state index in [0.717, 1.165) is 5.92 Å². The van der Waals surface area contributed by atoms with Crippen molar-refractivity contribution < 1.29 is 0 Å². The van der Waals surface area contributed by atoms with Crippen LogP contribution in [0.1, 0.15) is 127 Å². The number of unbranched alkanes of at least 4 members (excludes halogenated alkanes) is 3. The minimum atomic E-state index is 0.490. The summed E-state index contributed by atoms with van der Waals surface area (Å²) in [6.07, 6.45) is 25.9. The molecule has 0 aromatic heterocycles. The monoisotopic (exact) mass is 368 g/mol. The first-order chi connectivity index (χ1) is 13.3. The van der Waals surface area contributed by atoms with Crippen LogP contribution in [0.3, 0.4) is 0 Å². The second kappa shape index (κ2) is 11.3. The molecule has 2 fully saturated rings. The number of hydrogen-bond donors (Lipinski definition) is 0. The lowest BCUT2D eigenvalue weighted by Gasteiger charge is -2.43. The summed E-state index contributed by atoms with van der Waals surface area (Å²) in [5.41, 5.74) is 3.83. The number of hydrogen-bond acceptors (Lipinski definition) is 0. The molecule has 1 aromatic carbocycles. The third-order valence-electron chi connectivity index (χ3n) is 7.70. The topological polar surface area (TPSA) is 0 Å². The Morgan fingerprint density at radius 2 is 1.44 bits per heavy atom. The first-order valence-corrected chi connectivity index (χ1v) is 12.4. The molecule has 3 rings (SSSR count). The summed E-state index contributed by atoms with van der Waals surface area (Å²) < 4.78 is 0. The van der Waals surface area contributed by atoms with Crippen LogP contribution in [0.4, 0.5) is 0 Å². The van der Waals surface area contributed by atoms with Crippen molar-refractivity contribution in [1.29, 1.82) is 0 Å². The summed E-state index contributed by atoms with van der Waals surface area (Å²) in [6, 6.07) is 9.96. The number of rotatable bonds is 7. The maximum atomic E-state index is 2.65. The Morgan fingerprint density at radius 1 is 0.778 bits per heavy atom. The number of benzene rings is 1. The van der Waals surface area contributed by atoms with Gasteiger partial charge in [0, 0.05) is 0 Å². The summed E-state index contributed by atoms with van der Waals surface area (Å²) in [4.78, 5) is 0. The van der Waals surface area contributed by atoms with Gasteiger partial charge in [0.25, 0.3) is 0 Å². The second-order valence-electron chi connectivity index (χ2n) is 9.62. The molecule has 0 heteroatoms. The average Bonchev–Trinajstić information content (AvgIpc) is 2.96. The molecule has 27 heavy (non-hydrogen) atoms. The molecule has 0 atom stereocenters. The van der Waals surface area contributed by atoms with E-state index >= 15 is 0 Å². The standard InChI is InChI=1S/C27H44/c1-2-3-4-10-16-24-17-15-20-26(23-24)27(21-13-8-5-9-14-22-27)25-18-11-6-7-12-19-25/h15,17,20,23,25H,2-14,16,18-19,21-22H2,1H3. The van der Waals surface area contributed by atoms with Crippen LogP contribution in [0.15, 0.2) is 24.3 Å². The van der Waals surface area contributed by atoms with Crippen LogP contribution in [-0.4, -0.2) is 0 Å². The normalized spacial score (nSPS) is 22.0. The van der Waals surface area contributed by atoms with Crippen molar-refractivity contribution in [3.05, 3.63) is 35.4 Å². The molecule has 2 aliphatic rings. The maximum Gasteiger partial charge on any atom is -0.00187 e. The highest BCUT2D eigenvalue weighted by Gasteiger charge is 2.39. The van der Waals surface area contributed by atoms with Gasteiger partial charge in [-0.25, -0.2) is 0 Å². The first kappa shape index (κ1) is 20.9. The van der Waals surface area contributed by atoms with E-state index in [-0.39, 0.29) is 0 Å².